The summed E-state index contributed by atoms with van der Waals surface area (Å²) in [6, 6.07) is 1.51. The van der Waals surface area contributed by atoms with Gasteiger partial charge in [0.1, 0.15) is 11.8 Å². The highest BCUT2D eigenvalue weighted by Crippen LogP contribution is 2.22. The number of pyridine rings is 1. The summed E-state index contributed by atoms with van der Waals surface area (Å²) in [5.74, 6) is -1.05. The van der Waals surface area contributed by atoms with Gasteiger partial charge in [0.2, 0.25) is 5.71 Å². The van der Waals surface area contributed by atoms with Crippen LogP contribution in [0.2, 0.25) is 5.02 Å². The average Bonchev–Trinajstić information content (AvgIpc) is 2.46. The minimum atomic E-state index is -1.05. The topological polar surface area (TPSA) is 63.3 Å². The summed E-state index contributed by atoms with van der Waals surface area (Å²) in [6.45, 7) is 0. The van der Waals surface area contributed by atoms with Crippen molar-refractivity contribution >= 4 is 28.7 Å². The first-order chi connectivity index (χ1) is 6.18. The second-order valence-corrected chi connectivity index (χ2v) is 2.90. The van der Waals surface area contributed by atoms with Gasteiger partial charge in [-0.2, -0.15) is 0 Å². The zero-order valence-corrected chi connectivity index (χ0v) is 7.08. The second kappa shape index (κ2) is 2.74. The first-order valence-corrected chi connectivity index (χ1v) is 3.82. The lowest BCUT2D eigenvalue weighted by Gasteiger charge is -1.90. The fourth-order valence-corrected chi connectivity index (χ4v) is 1.22. The van der Waals surface area contributed by atoms with Crippen LogP contribution >= 0.6 is 11.6 Å². The van der Waals surface area contributed by atoms with E-state index in [-0.39, 0.29) is 11.3 Å². The molecule has 0 bridgehead atoms. The summed E-state index contributed by atoms with van der Waals surface area (Å²) >= 11 is 5.66. The molecule has 2 rings (SSSR count). The van der Waals surface area contributed by atoms with Gasteiger partial charge in [-0.25, -0.2) is 9.78 Å². The molecule has 0 aromatic carbocycles. The minimum absolute atomic E-state index is 0.0741. The molecule has 0 saturated carbocycles. The van der Waals surface area contributed by atoms with Crippen molar-refractivity contribution in [2.45, 2.75) is 0 Å². The van der Waals surface area contributed by atoms with Gasteiger partial charge >= 0.3 is 5.97 Å². The summed E-state index contributed by atoms with van der Waals surface area (Å²) in [7, 11) is 0. The van der Waals surface area contributed by atoms with E-state index in [1.165, 1.54) is 12.3 Å². The Morgan fingerprint density at radius 2 is 2.38 bits per heavy atom. The molecular weight excluding hydrogens is 194 g/mol. The van der Waals surface area contributed by atoms with Crippen LogP contribution in [0, 0.1) is 0 Å². The number of carboxylic acid groups (broad SMARTS) is 1. The zero-order valence-electron chi connectivity index (χ0n) is 6.32. The lowest BCUT2D eigenvalue weighted by molar-refractivity contribution is 0.0698. The minimum Gasteiger partial charge on any atom is -0.478 e. The highest BCUT2D eigenvalue weighted by atomic mass is 35.5. The van der Waals surface area contributed by atoms with Crippen molar-refractivity contribution in [3.05, 3.63) is 29.1 Å². The lowest BCUT2D eigenvalue weighted by Crippen LogP contribution is -1.93. The molecular formula is C8H4ClNO3. The standard InChI is InChI=1S/C8H4ClNO3/c9-4-1-5-6(8(11)12)3-13-7(5)10-2-4/h1-3H,(H,11,12). The number of fused-ring (bicyclic) bond motifs is 1. The number of hydrogen-bond acceptors (Lipinski definition) is 3. The second-order valence-electron chi connectivity index (χ2n) is 2.46. The summed E-state index contributed by atoms with van der Waals surface area (Å²) in [6.07, 6.45) is 2.55. The third kappa shape index (κ3) is 1.25. The number of aromatic carboxylic acids is 1. The van der Waals surface area contributed by atoms with Crippen molar-refractivity contribution in [2.24, 2.45) is 0 Å². The van der Waals surface area contributed by atoms with Crippen LogP contribution in [-0.2, 0) is 0 Å². The van der Waals surface area contributed by atoms with E-state index in [0.29, 0.717) is 10.4 Å². The van der Waals surface area contributed by atoms with Crippen LogP contribution in [0.15, 0.2) is 22.9 Å². The molecule has 0 saturated heterocycles. The molecule has 5 heteroatoms. The van der Waals surface area contributed by atoms with Crippen LogP contribution in [0.3, 0.4) is 0 Å². The molecule has 0 aliphatic rings. The fraction of sp³-hybridized carbons (Fsp3) is 0. The third-order valence-electron chi connectivity index (χ3n) is 1.63. The Bertz CT molecular complexity index is 477. The molecule has 0 fully saturated rings. The number of carbonyl (C=O) groups is 1. The largest absolute Gasteiger partial charge is 0.478 e. The first kappa shape index (κ1) is 8.07. The van der Waals surface area contributed by atoms with Crippen LogP contribution in [0.4, 0.5) is 0 Å². The fourth-order valence-electron chi connectivity index (χ4n) is 1.06. The van der Waals surface area contributed by atoms with Gasteiger partial charge in [-0.1, -0.05) is 11.6 Å². The van der Waals surface area contributed by atoms with Gasteiger partial charge in [0.15, 0.2) is 0 Å². The smallest absolute Gasteiger partial charge is 0.339 e. The lowest BCUT2D eigenvalue weighted by atomic mass is 10.2. The van der Waals surface area contributed by atoms with E-state index in [1.807, 2.05) is 0 Å². The van der Waals surface area contributed by atoms with Crippen molar-refractivity contribution in [1.82, 2.24) is 4.98 Å². The average molecular weight is 198 g/mol. The summed E-state index contributed by atoms with van der Waals surface area (Å²) in [4.78, 5) is 14.5. The van der Waals surface area contributed by atoms with Crippen LogP contribution in [0.1, 0.15) is 10.4 Å². The quantitative estimate of drug-likeness (QED) is 0.761. The Morgan fingerprint density at radius 1 is 1.62 bits per heavy atom. The molecule has 13 heavy (non-hydrogen) atoms. The highest BCUT2D eigenvalue weighted by Gasteiger charge is 2.13. The van der Waals surface area contributed by atoms with Gasteiger partial charge in [-0.15, -0.1) is 0 Å². The van der Waals surface area contributed by atoms with Gasteiger partial charge in [0, 0.05) is 6.20 Å². The maximum Gasteiger partial charge on any atom is 0.339 e. The molecule has 2 heterocycles. The van der Waals surface area contributed by atoms with E-state index < -0.39 is 5.97 Å². The number of halogens is 1. The van der Waals surface area contributed by atoms with Gasteiger partial charge in [-0.3, -0.25) is 0 Å². The number of rotatable bonds is 1. The first-order valence-electron chi connectivity index (χ1n) is 3.44. The molecule has 2 aromatic rings. The number of furan rings is 1. The molecule has 0 aliphatic carbocycles. The van der Waals surface area contributed by atoms with Gasteiger partial charge in [-0.05, 0) is 6.07 Å². The summed E-state index contributed by atoms with van der Waals surface area (Å²) in [5.41, 5.74) is 0.354. The molecule has 0 aliphatic heterocycles. The SMILES string of the molecule is O=C(O)c1coc2ncc(Cl)cc12. The molecule has 0 atom stereocenters. The molecule has 0 unspecified atom stereocenters. The van der Waals surface area contributed by atoms with Crippen LogP contribution in [0.25, 0.3) is 11.1 Å². The van der Waals surface area contributed by atoms with E-state index in [1.54, 1.807) is 0 Å². The van der Waals surface area contributed by atoms with Crippen LogP contribution in [-0.4, -0.2) is 16.1 Å². The number of nitrogens with zero attached hydrogens (tertiary/aromatic N) is 1. The van der Waals surface area contributed by atoms with E-state index >= 15 is 0 Å². The van der Waals surface area contributed by atoms with Crippen molar-refractivity contribution in [2.75, 3.05) is 0 Å². The van der Waals surface area contributed by atoms with Crippen molar-refractivity contribution in [3.63, 3.8) is 0 Å². The summed E-state index contributed by atoms with van der Waals surface area (Å²) in [5, 5.41) is 9.53. The Balaban J connectivity index is 2.79. The number of aromatic nitrogens is 1. The monoisotopic (exact) mass is 197 g/mol. The molecule has 4 nitrogen and oxygen atoms in total. The van der Waals surface area contributed by atoms with Gasteiger partial charge in [0.05, 0.1) is 10.4 Å². The van der Waals surface area contributed by atoms with E-state index in [0.717, 1.165) is 6.26 Å². The van der Waals surface area contributed by atoms with E-state index in [9.17, 15) is 4.79 Å². The van der Waals surface area contributed by atoms with Gasteiger partial charge < -0.3 is 9.52 Å². The Labute approximate surface area is 77.8 Å². The zero-order chi connectivity index (χ0) is 9.42. The Kier molecular flexibility index (Phi) is 1.70. The normalized spacial score (nSPS) is 10.5. The Hall–Kier alpha value is -1.55. The molecule has 66 valence electrons. The van der Waals surface area contributed by atoms with E-state index in [4.69, 9.17) is 21.1 Å². The predicted molar refractivity (Wildman–Crippen MR) is 46.0 cm³/mol. The number of hydrogen-bond donors (Lipinski definition) is 1. The van der Waals surface area contributed by atoms with E-state index in [2.05, 4.69) is 4.98 Å². The molecule has 2 aromatic heterocycles. The van der Waals surface area contributed by atoms with Crippen molar-refractivity contribution in [3.8, 4) is 0 Å². The van der Waals surface area contributed by atoms with Crippen LogP contribution in [0.5, 0.6) is 0 Å². The maximum atomic E-state index is 10.7. The van der Waals surface area contributed by atoms with Crippen LogP contribution < -0.4 is 0 Å². The molecule has 0 spiro atoms. The molecule has 0 radical (unpaired) electrons. The maximum absolute atomic E-state index is 10.7. The Morgan fingerprint density at radius 3 is 3.08 bits per heavy atom. The highest BCUT2D eigenvalue weighted by molar-refractivity contribution is 6.31. The molecule has 1 N–H and O–H groups in total. The predicted octanol–water partition coefficient (Wildman–Crippen LogP) is 2.18. The van der Waals surface area contributed by atoms with Gasteiger partial charge in [0.25, 0.3) is 0 Å². The third-order valence-corrected chi connectivity index (χ3v) is 1.83. The number of carboxylic acids is 1. The summed E-state index contributed by atoms with van der Waals surface area (Å²) < 4.78 is 4.91. The molecule has 0 amide bonds. The van der Waals surface area contributed by atoms with Crippen molar-refractivity contribution < 1.29 is 14.3 Å². The van der Waals surface area contributed by atoms with Crippen molar-refractivity contribution in [1.29, 1.82) is 0 Å².